The molecule has 1 aliphatic heterocycles. The number of nitriles is 1. The van der Waals surface area contributed by atoms with E-state index in [9.17, 15) is 9.59 Å². The number of nitrogens with two attached hydrogens (primary N) is 1. The van der Waals surface area contributed by atoms with E-state index < -0.39 is 6.04 Å². The molecule has 0 radical (unpaired) electrons. The number of carbonyl (C=O) groups excluding carboxylic acids is 2. The summed E-state index contributed by atoms with van der Waals surface area (Å²) in [7, 11) is 0. The van der Waals surface area contributed by atoms with E-state index in [1.54, 1.807) is 13.0 Å². The van der Waals surface area contributed by atoms with Crippen molar-refractivity contribution in [3.8, 4) is 6.07 Å². The molecule has 2 amide bonds. The van der Waals surface area contributed by atoms with E-state index in [1.807, 2.05) is 25.1 Å². The molecule has 174 valence electrons. The molecule has 2 aromatic heterocycles. The minimum absolute atomic E-state index is 0. The molecule has 0 unspecified atom stereocenters. The van der Waals surface area contributed by atoms with Crippen LogP contribution >= 0.6 is 36.2 Å². The van der Waals surface area contributed by atoms with E-state index in [4.69, 9.17) is 11.0 Å². The fourth-order valence-electron chi connectivity index (χ4n) is 3.51. The number of nitrogen functional groups attached to an aromatic ring is 1. The van der Waals surface area contributed by atoms with Crippen LogP contribution in [0.4, 0.5) is 5.82 Å². The van der Waals surface area contributed by atoms with Gasteiger partial charge < -0.3 is 21.7 Å². The quantitative estimate of drug-likeness (QED) is 0.461. The third kappa shape index (κ3) is 7.35. The predicted octanol–water partition coefficient (Wildman–Crippen LogP) is 2.09. The molecular formula is C21H28Cl2N6O2S. The second kappa shape index (κ2) is 12.6. The second-order valence-electron chi connectivity index (χ2n) is 7.57. The van der Waals surface area contributed by atoms with Crippen molar-refractivity contribution in [2.24, 2.45) is 5.92 Å². The van der Waals surface area contributed by atoms with Gasteiger partial charge in [-0.05, 0) is 62.9 Å². The molecule has 8 nitrogen and oxygen atoms in total. The summed E-state index contributed by atoms with van der Waals surface area (Å²) in [6.07, 6.45) is 1.55. The standard InChI is InChI=1S/C21H26N6O2S.2ClH/c1-12-15(3-6-19(23)26-12)11-25-20(28)13(2)27-21(29)18-8-14(10-24-18)7-16-4-5-17(9-22)30-16;;/h3-6,13-14,18,24H,7-8,10-11H2,1-2H3,(H2,23,26)(H,25,28)(H,27,29);2*1H/t13-,14-,18+;;/m0../s1. The maximum atomic E-state index is 12.6. The Balaban J connectivity index is 0.00000256. The Labute approximate surface area is 204 Å². The van der Waals surface area contributed by atoms with Crippen molar-refractivity contribution in [1.29, 1.82) is 5.26 Å². The van der Waals surface area contributed by atoms with Gasteiger partial charge in [-0.2, -0.15) is 5.26 Å². The lowest BCUT2D eigenvalue weighted by molar-refractivity contribution is -0.129. The number of hydrogen-bond donors (Lipinski definition) is 4. The molecule has 5 N–H and O–H groups in total. The molecular weight excluding hydrogens is 471 g/mol. The SMILES string of the molecule is Cc1nc(N)ccc1CNC(=O)[C@H](C)NC(=O)[C@H]1C[C@H](Cc2ccc(C#N)s2)CN1.Cl.Cl. The van der Waals surface area contributed by atoms with Crippen molar-refractivity contribution >= 4 is 53.8 Å². The van der Waals surface area contributed by atoms with Crippen LogP contribution in [0.1, 0.15) is 34.4 Å². The summed E-state index contributed by atoms with van der Waals surface area (Å²) in [6, 6.07) is 8.52. The van der Waals surface area contributed by atoms with Crippen LogP contribution in [0.3, 0.4) is 0 Å². The number of hydrogen-bond acceptors (Lipinski definition) is 7. The number of rotatable bonds is 7. The van der Waals surface area contributed by atoms with Gasteiger partial charge in [0.15, 0.2) is 0 Å². The monoisotopic (exact) mass is 498 g/mol. The summed E-state index contributed by atoms with van der Waals surface area (Å²) in [4.78, 5) is 31.0. The first-order chi connectivity index (χ1) is 14.4. The van der Waals surface area contributed by atoms with E-state index in [2.05, 4.69) is 27.0 Å². The van der Waals surface area contributed by atoms with E-state index >= 15 is 0 Å². The zero-order valence-electron chi connectivity index (χ0n) is 17.9. The van der Waals surface area contributed by atoms with Gasteiger partial charge in [-0.3, -0.25) is 9.59 Å². The van der Waals surface area contributed by atoms with Crippen LogP contribution < -0.4 is 21.7 Å². The Morgan fingerprint density at radius 2 is 2.09 bits per heavy atom. The fourth-order valence-corrected chi connectivity index (χ4v) is 4.43. The molecule has 1 fully saturated rings. The van der Waals surface area contributed by atoms with Gasteiger partial charge in [0.2, 0.25) is 11.8 Å². The fraction of sp³-hybridized carbons (Fsp3) is 0.429. The highest BCUT2D eigenvalue weighted by atomic mass is 35.5. The van der Waals surface area contributed by atoms with Crippen LogP contribution in [-0.4, -0.2) is 35.4 Å². The summed E-state index contributed by atoms with van der Waals surface area (Å²) in [5, 5.41) is 17.8. The van der Waals surface area contributed by atoms with Gasteiger partial charge in [0, 0.05) is 17.1 Å². The first kappa shape index (κ1) is 27.7. The minimum Gasteiger partial charge on any atom is -0.384 e. The molecule has 1 saturated heterocycles. The summed E-state index contributed by atoms with van der Waals surface area (Å²) >= 11 is 1.50. The average Bonchev–Trinajstić information content (AvgIpc) is 3.36. The number of nitrogens with one attached hydrogen (secondary N) is 3. The molecule has 0 aromatic carbocycles. The Bertz CT molecular complexity index is 977. The highest BCUT2D eigenvalue weighted by molar-refractivity contribution is 7.12. The Hall–Kier alpha value is -2.38. The van der Waals surface area contributed by atoms with Crippen molar-refractivity contribution in [1.82, 2.24) is 20.9 Å². The van der Waals surface area contributed by atoms with E-state index in [-0.39, 0.29) is 42.7 Å². The molecule has 2 aromatic rings. The highest BCUT2D eigenvalue weighted by Crippen LogP contribution is 2.24. The number of amides is 2. The first-order valence-electron chi connectivity index (χ1n) is 9.88. The van der Waals surface area contributed by atoms with Gasteiger partial charge in [0.1, 0.15) is 22.8 Å². The van der Waals surface area contributed by atoms with Crippen LogP contribution in [0.2, 0.25) is 0 Å². The third-order valence-electron chi connectivity index (χ3n) is 5.22. The average molecular weight is 499 g/mol. The number of aryl methyl sites for hydroxylation is 1. The van der Waals surface area contributed by atoms with Gasteiger partial charge in [0.05, 0.1) is 6.04 Å². The van der Waals surface area contributed by atoms with Gasteiger partial charge in [0.25, 0.3) is 0 Å². The molecule has 3 rings (SSSR count). The molecule has 0 spiro atoms. The van der Waals surface area contributed by atoms with E-state index in [1.165, 1.54) is 11.3 Å². The van der Waals surface area contributed by atoms with Crippen molar-refractivity contribution < 1.29 is 9.59 Å². The van der Waals surface area contributed by atoms with Crippen LogP contribution in [0.25, 0.3) is 0 Å². The smallest absolute Gasteiger partial charge is 0.242 e. The molecule has 32 heavy (non-hydrogen) atoms. The minimum atomic E-state index is -0.643. The van der Waals surface area contributed by atoms with Gasteiger partial charge >= 0.3 is 0 Å². The van der Waals surface area contributed by atoms with E-state index in [0.29, 0.717) is 29.6 Å². The van der Waals surface area contributed by atoms with Crippen LogP contribution in [0.5, 0.6) is 0 Å². The summed E-state index contributed by atoms with van der Waals surface area (Å²) in [6.45, 7) is 4.57. The Morgan fingerprint density at radius 1 is 1.34 bits per heavy atom. The number of halogens is 2. The number of thiophene rings is 1. The molecule has 3 atom stereocenters. The number of anilines is 1. The zero-order valence-corrected chi connectivity index (χ0v) is 20.3. The number of carbonyl (C=O) groups is 2. The van der Waals surface area contributed by atoms with Gasteiger partial charge in [-0.1, -0.05) is 6.07 Å². The maximum absolute atomic E-state index is 12.6. The lowest BCUT2D eigenvalue weighted by Crippen LogP contribution is -2.50. The zero-order chi connectivity index (χ0) is 21.7. The summed E-state index contributed by atoms with van der Waals surface area (Å²) < 4.78 is 0. The molecule has 0 bridgehead atoms. The molecule has 1 aliphatic rings. The molecule has 0 saturated carbocycles. The topological polar surface area (TPSA) is 133 Å². The maximum Gasteiger partial charge on any atom is 0.242 e. The summed E-state index contributed by atoms with van der Waals surface area (Å²) in [5.74, 6) is 0.345. The largest absolute Gasteiger partial charge is 0.384 e. The lowest BCUT2D eigenvalue weighted by Gasteiger charge is -2.17. The van der Waals surface area contributed by atoms with Crippen molar-refractivity contribution in [2.75, 3.05) is 12.3 Å². The predicted molar refractivity (Wildman–Crippen MR) is 130 cm³/mol. The van der Waals surface area contributed by atoms with Crippen molar-refractivity contribution in [2.45, 2.75) is 45.3 Å². The van der Waals surface area contributed by atoms with Crippen molar-refractivity contribution in [3.63, 3.8) is 0 Å². The lowest BCUT2D eigenvalue weighted by atomic mass is 10.0. The van der Waals surface area contributed by atoms with Crippen LogP contribution in [0, 0.1) is 24.2 Å². The molecule has 3 heterocycles. The Morgan fingerprint density at radius 3 is 2.75 bits per heavy atom. The molecule has 11 heteroatoms. The van der Waals surface area contributed by atoms with Crippen LogP contribution in [0.15, 0.2) is 24.3 Å². The normalized spacial score (nSPS) is 17.9. The van der Waals surface area contributed by atoms with Crippen molar-refractivity contribution in [3.05, 3.63) is 45.3 Å². The second-order valence-corrected chi connectivity index (χ2v) is 8.74. The highest BCUT2D eigenvalue weighted by Gasteiger charge is 2.31. The van der Waals surface area contributed by atoms with Crippen LogP contribution in [-0.2, 0) is 22.6 Å². The summed E-state index contributed by atoms with van der Waals surface area (Å²) in [5.41, 5.74) is 7.29. The van der Waals surface area contributed by atoms with E-state index in [0.717, 1.165) is 29.1 Å². The third-order valence-corrected chi connectivity index (χ3v) is 6.23. The first-order valence-corrected chi connectivity index (χ1v) is 10.7. The number of aromatic nitrogens is 1. The van der Waals surface area contributed by atoms with Gasteiger partial charge in [-0.15, -0.1) is 36.2 Å². The number of pyridine rings is 1. The Kier molecular flexibility index (Phi) is 10.9. The molecule has 0 aliphatic carbocycles. The van der Waals surface area contributed by atoms with Gasteiger partial charge in [-0.25, -0.2) is 4.98 Å². The number of nitrogens with zero attached hydrogens (tertiary/aromatic N) is 2.